The summed E-state index contributed by atoms with van der Waals surface area (Å²) in [5.41, 5.74) is 6.79. The molecule has 2 rings (SSSR count). The van der Waals surface area contributed by atoms with Crippen LogP contribution in [0.5, 0.6) is 5.75 Å². The first-order valence-corrected chi connectivity index (χ1v) is 6.89. The molecule has 4 nitrogen and oxygen atoms in total. The highest BCUT2D eigenvalue weighted by molar-refractivity contribution is 5.76. The first-order chi connectivity index (χ1) is 9.15. The normalized spacial score (nSPS) is 17.9. The molecular weight excluding hydrogens is 242 g/mol. The molecule has 1 atom stereocenters. The number of aromatic hydroxyl groups is 1. The molecule has 0 aliphatic heterocycles. The molecule has 0 heterocycles. The molecule has 1 aromatic rings. The van der Waals surface area contributed by atoms with Gasteiger partial charge in [0, 0.05) is 0 Å². The standard InChI is InChI=1S/C15H21NO3/c16-14(10-11-6-8-12(17)9-7-11)15(18)19-13-4-2-1-3-5-13/h6-9,13-14,17H,1-5,10,16H2/t14-/m0/s1. The minimum atomic E-state index is -0.633. The van der Waals surface area contributed by atoms with Crippen LogP contribution in [0.3, 0.4) is 0 Å². The van der Waals surface area contributed by atoms with E-state index >= 15 is 0 Å². The molecule has 0 aromatic heterocycles. The van der Waals surface area contributed by atoms with Gasteiger partial charge in [-0.05, 0) is 49.8 Å². The van der Waals surface area contributed by atoms with E-state index in [1.165, 1.54) is 6.42 Å². The number of carbonyl (C=O) groups is 1. The van der Waals surface area contributed by atoms with Gasteiger partial charge in [0.15, 0.2) is 0 Å². The zero-order valence-corrected chi connectivity index (χ0v) is 11.0. The lowest BCUT2D eigenvalue weighted by molar-refractivity contribution is -0.152. The van der Waals surface area contributed by atoms with Gasteiger partial charge in [-0.2, -0.15) is 0 Å². The fourth-order valence-electron chi connectivity index (χ4n) is 2.40. The molecular formula is C15H21NO3. The highest BCUT2D eigenvalue weighted by Gasteiger charge is 2.22. The summed E-state index contributed by atoms with van der Waals surface area (Å²) in [6, 6.07) is 6.08. The fraction of sp³-hybridized carbons (Fsp3) is 0.533. The lowest BCUT2D eigenvalue weighted by Crippen LogP contribution is -2.37. The topological polar surface area (TPSA) is 72.5 Å². The van der Waals surface area contributed by atoms with Crippen LogP contribution in [0.15, 0.2) is 24.3 Å². The number of ether oxygens (including phenoxy) is 1. The molecule has 19 heavy (non-hydrogen) atoms. The Labute approximate surface area is 113 Å². The molecule has 1 fully saturated rings. The van der Waals surface area contributed by atoms with E-state index in [-0.39, 0.29) is 17.8 Å². The van der Waals surface area contributed by atoms with Crippen molar-refractivity contribution in [1.82, 2.24) is 0 Å². The van der Waals surface area contributed by atoms with E-state index in [1.54, 1.807) is 24.3 Å². The number of hydrogen-bond donors (Lipinski definition) is 2. The van der Waals surface area contributed by atoms with E-state index in [1.807, 2.05) is 0 Å². The molecule has 0 bridgehead atoms. The van der Waals surface area contributed by atoms with Gasteiger partial charge in [-0.1, -0.05) is 18.6 Å². The molecule has 0 amide bonds. The predicted molar refractivity (Wildman–Crippen MR) is 72.8 cm³/mol. The lowest BCUT2D eigenvalue weighted by atomic mass is 9.97. The first kappa shape index (κ1) is 13.9. The van der Waals surface area contributed by atoms with Crippen molar-refractivity contribution in [3.05, 3.63) is 29.8 Å². The Morgan fingerprint density at radius 1 is 1.26 bits per heavy atom. The Morgan fingerprint density at radius 2 is 1.89 bits per heavy atom. The summed E-state index contributed by atoms with van der Waals surface area (Å²) in [6.07, 6.45) is 5.89. The molecule has 104 valence electrons. The van der Waals surface area contributed by atoms with Crippen LogP contribution in [0.2, 0.25) is 0 Å². The summed E-state index contributed by atoms with van der Waals surface area (Å²) in [6.45, 7) is 0. The molecule has 1 aliphatic carbocycles. The number of esters is 1. The number of phenolic OH excluding ortho intramolecular Hbond substituents is 1. The Kier molecular flexibility index (Phi) is 4.80. The van der Waals surface area contributed by atoms with Crippen LogP contribution in [0, 0.1) is 0 Å². The zero-order valence-electron chi connectivity index (χ0n) is 11.0. The van der Waals surface area contributed by atoms with Gasteiger partial charge in [-0.25, -0.2) is 0 Å². The minimum Gasteiger partial charge on any atom is -0.508 e. The monoisotopic (exact) mass is 263 g/mol. The van der Waals surface area contributed by atoms with Crippen molar-refractivity contribution in [1.29, 1.82) is 0 Å². The van der Waals surface area contributed by atoms with Crippen LogP contribution in [0.25, 0.3) is 0 Å². The van der Waals surface area contributed by atoms with Crippen LogP contribution in [0.4, 0.5) is 0 Å². The number of carbonyl (C=O) groups excluding carboxylic acids is 1. The van der Waals surface area contributed by atoms with Gasteiger partial charge in [-0.3, -0.25) is 4.79 Å². The summed E-state index contributed by atoms with van der Waals surface area (Å²) >= 11 is 0. The SMILES string of the molecule is N[C@@H](Cc1ccc(O)cc1)C(=O)OC1CCCCC1. The molecule has 4 heteroatoms. The molecule has 0 radical (unpaired) electrons. The molecule has 0 spiro atoms. The first-order valence-electron chi connectivity index (χ1n) is 6.89. The predicted octanol–water partition coefficient (Wildman–Crippen LogP) is 2.14. The van der Waals surface area contributed by atoms with E-state index < -0.39 is 6.04 Å². The van der Waals surface area contributed by atoms with Crippen molar-refractivity contribution < 1.29 is 14.6 Å². The number of rotatable bonds is 4. The number of nitrogens with two attached hydrogens (primary N) is 1. The Bertz CT molecular complexity index is 410. The zero-order chi connectivity index (χ0) is 13.7. The second kappa shape index (κ2) is 6.57. The van der Waals surface area contributed by atoms with Gasteiger partial charge in [0.25, 0.3) is 0 Å². The molecule has 1 aromatic carbocycles. The van der Waals surface area contributed by atoms with Crippen molar-refractivity contribution >= 4 is 5.97 Å². The fourth-order valence-corrected chi connectivity index (χ4v) is 2.40. The average molecular weight is 263 g/mol. The third kappa shape index (κ3) is 4.24. The van der Waals surface area contributed by atoms with Crippen LogP contribution in [0.1, 0.15) is 37.7 Å². The number of benzene rings is 1. The van der Waals surface area contributed by atoms with E-state index in [0.29, 0.717) is 6.42 Å². The highest BCUT2D eigenvalue weighted by atomic mass is 16.5. The van der Waals surface area contributed by atoms with Crippen LogP contribution in [-0.2, 0) is 16.0 Å². The molecule has 3 N–H and O–H groups in total. The van der Waals surface area contributed by atoms with E-state index in [2.05, 4.69) is 0 Å². The number of phenols is 1. The lowest BCUT2D eigenvalue weighted by Gasteiger charge is -2.23. The van der Waals surface area contributed by atoms with Crippen molar-refractivity contribution in [3.63, 3.8) is 0 Å². The van der Waals surface area contributed by atoms with Gasteiger partial charge in [0.1, 0.15) is 17.9 Å². The van der Waals surface area contributed by atoms with Gasteiger partial charge < -0.3 is 15.6 Å². The van der Waals surface area contributed by atoms with Crippen molar-refractivity contribution in [2.75, 3.05) is 0 Å². The maximum atomic E-state index is 11.9. The van der Waals surface area contributed by atoms with Gasteiger partial charge >= 0.3 is 5.97 Å². The average Bonchev–Trinajstić information content (AvgIpc) is 2.42. The van der Waals surface area contributed by atoms with Crippen LogP contribution < -0.4 is 5.73 Å². The maximum Gasteiger partial charge on any atom is 0.323 e. The van der Waals surface area contributed by atoms with Gasteiger partial charge in [-0.15, -0.1) is 0 Å². The summed E-state index contributed by atoms with van der Waals surface area (Å²) in [5.74, 6) is -0.109. The molecule has 0 saturated heterocycles. The summed E-state index contributed by atoms with van der Waals surface area (Å²) in [7, 11) is 0. The Morgan fingerprint density at radius 3 is 2.53 bits per heavy atom. The molecule has 1 aliphatic rings. The smallest absolute Gasteiger partial charge is 0.323 e. The van der Waals surface area contributed by atoms with Crippen molar-refractivity contribution in [2.45, 2.75) is 50.7 Å². The quantitative estimate of drug-likeness (QED) is 0.816. The third-order valence-electron chi connectivity index (χ3n) is 3.53. The highest BCUT2D eigenvalue weighted by Crippen LogP contribution is 2.21. The van der Waals surface area contributed by atoms with Gasteiger partial charge in [0.2, 0.25) is 0 Å². The van der Waals surface area contributed by atoms with Crippen LogP contribution in [-0.4, -0.2) is 23.2 Å². The van der Waals surface area contributed by atoms with E-state index in [4.69, 9.17) is 10.5 Å². The van der Waals surface area contributed by atoms with Gasteiger partial charge in [0.05, 0.1) is 0 Å². The largest absolute Gasteiger partial charge is 0.508 e. The Balaban J connectivity index is 1.83. The van der Waals surface area contributed by atoms with Crippen molar-refractivity contribution in [2.24, 2.45) is 5.73 Å². The third-order valence-corrected chi connectivity index (χ3v) is 3.53. The van der Waals surface area contributed by atoms with Crippen molar-refractivity contribution in [3.8, 4) is 5.75 Å². The number of hydrogen-bond acceptors (Lipinski definition) is 4. The molecule has 1 saturated carbocycles. The second-order valence-electron chi connectivity index (χ2n) is 5.17. The maximum absolute atomic E-state index is 11.9. The van der Waals surface area contributed by atoms with Crippen LogP contribution >= 0.6 is 0 Å². The van der Waals surface area contributed by atoms with E-state index in [0.717, 1.165) is 31.2 Å². The Hall–Kier alpha value is -1.55. The minimum absolute atomic E-state index is 0.0483. The summed E-state index contributed by atoms with van der Waals surface area (Å²) in [5, 5.41) is 9.19. The summed E-state index contributed by atoms with van der Waals surface area (Å²) in [4.78, 5) is 11.9. The summed E-state index contributed by atoms with van der Waals surface area (Å²) < 4.78 is 5.44. The second-order valence-corrected chi connectivity index (χ2v) is 5.17. The van der Waals surface area contributed by atoms with E-state index in [9.17, 15) is 9.90 Å². The molecule has 0 unspecified atom stereocenters.